The lowest BCUT2D eigenvalue weighted by atomic mass is 9.86. The van der Waals surface area contributed by atoms with E-state index in [2.05, 4.69) is 19.4 Å². The summed E-state index contributed by atoms with van der Waals surface area (Å²) in [5, 5.41) is 15.3. The number of amidine groups is 2. The lowest BCUT2D eigenvalue weighted by Crippen LogP contribution is -2.32. The Bertz CT molecular complexity index is 1150. The van der Waals surface area contributed by atoms with Crippen molar-refractivity contribution in [1.82, 2.24) is 9.62 Å². The summed E-state index contributed by atoms with van der Waals surface area (Å²) in [7, 11) is -0.844. The van der Waals surface area contributed by atoms with Crippen LogP contribution in [0.2, 0.25) is 0 Å². The Morgan fingerprint density at radius 3 is 2.55 bits per heavy atom. The molecule has 0 radical (unpaired) electrons. The van der Waals surface area contributed by atoms with Gasteiger partial charge in [-0.15, -0.1) is 15.7 Å². The highest BCUT2D eigenvalue weighted by molar-refractivity contribution is 7.89. The van der Waals surface area contributed by atoms with Crippen LogP contribution < -0.4 is 10.0 Å². The van der Waals surface area contributed by atoms with Crippen molar-refractivity contribution in [2.24, 2.45) is 14.8 Å². The number of rotatable bonds is 4. The summed E-state index contributed by atoms with van der Waals surface area (Å²) in [4.78, 5) is 19.3. The molecule has 1 aliphatic rings. The number of nitrogens with one attached hydrogen (secondary N) is 2. The molecule has 2 aromatic rings. The lowest BCUT2D eigenvalue weighted by molar-refractivity contribution is 0.0824. The van der Waals surface area contributed by atoms with Gasteiger partial charge in [-0.2, -0.15) is 8.42 Å². The van der Waals surface area contributed by atoms with Crippen LogP contribution in [0, 0.1) is 5.41 Å². The second-order valence-electron chi connectivity index (χ2n) is 8.31. The number of aromatic hydroxyl groups is 1. The van der Waals surface area contributed by atoms with Crippen LogP contribution in [0.3, 0.4) is 0 Å². The number of benzene rings is 1. The molecule has 1 aromatic heterocycles. The molecule has 11 heteroatoms. The first-order valence-corrected chi connectivity index (χ1v) is 11.8. The molecule has 1 aromatic carbocycles. The van der Waals surface area contributed by atoms with E-state index in [1.54, 1.807) is 20.2 Å². The lowest BCUT2D eigenvalue weighted by Gasteiger charge is -2.27. The fourth-order valence-corrected chi connectivity index (χ4v) is 4.79. The fourth-order valence-electron chi connectivity index (χ4n) is 2.97. The van der Waals surface area contributed by atoms with E-state index in [0.717, 1.165) is 4.88 Å². The maximum absolute atomic E-state index is 12.3. The summed E-state index contributed by atoms with van der Waals surface area (Å²) < 4.78 is 30.4. The number of carbonyl (C=O) groups is 1. The molecule has 1 aliphatic heterocycles. The van der Waals surface area contributed by atoms with E-state index in [4.69, 9.17) is 0 Å². The molecule has 2 heterocycles. The van der Waals surface area contributed by atoms with Crippen LogP contribution in [0.1, 0.15) is 42.0 Å². The normalized spacial score (nSPS) is 17.7. The molecule has 1 amide bonds. The zero-order chi connectivity index (χ0) is 23.0. The number of aliphatic imine (C=N–C) groups is 1. The summed E-state index contributed by atoms with van der Waals surface area (Å²) in [5.41, 5.74) is -0.0764. The van der Waals surface area contributed by atoms with Gasteiger partial charge in [-0.1, -0.05) is 32.9 Å². The highest BCUT2D eigenvalue weighted by Crippen LogP contribution is 2.39. The average molecular weight is 464 g/mol. The van der Waals surface area contributed by atoms with Crippen molar-refractivity contribution in [3.05, 3.63) is 46.2 Å². The molecule has 0 spiro atoms. The minimum atomic E-state index is -3.99. The van der Waals surface area contributed by atoms with E-state index in [1.807, 2.05) is 38.3 Å². The van der Waals surface area contributed by atoms with Gasteiger partial charge in [0, 0.05) is 19.0 Å². The molecule has 3 rings (SSSR count). The van der Waals surface area contributed by atoms with Gasteiger partial charge < -0.3 is 15.3 Å². The monoisotopic (exact) mass is 463 g/mol. The molecule has 31 heavy (non-hydrogen) atoms. The zero-order valence-electron chi connectivity index (χ0n) is 17.9. The van der Waals surface area contributed by atoms with Crippen LogP contribution in [0.25, 0.3) is 0 Å². The number of carbonyl (C=O) groups excluding carboxylic acids is 1. The number of phenols is 1. The molecule has 9 nitrogen and oxygen atoms in total. The van der Waals surface area contributed by atoms with Gasteiger partial charge >= 0.3 is 10.2 Å². The molecular weight excluding hydrogens is 438 g/mol. The van der Waals surface area contributed by atoms with Crippen molar-refractivity contribution in [2.45, 2.75) is 26.8 Å². The number of anilines is 1. The molecule has 0 saturated heterocycles. The van der Waals surface area contributed by atoms with Crippen LogP contribution in [-0.4, -0.2) is 50.1 Å². The third-order valence-electron chi connectivity index (χ3n) is 4.48. The molecule has 166 valence electrons. The smallest absolute Gasteiger partial charge is 0.345 e. The Morgan fingerprint density at radius 2 is 1.97 bits per heavy atom. The summed E-state index contributed by atoms with van der Waals surface area (Å²) in [6, 6.07) is 8.11. The van der Waals surface area contributed by atoms with Crippen LogP contribution in [-0.2, 0) is 10.2 Å². The Hall–Kier alpha value is -2.92. The second-order valence-corrected chi connectivity index (χ2v) is 10.6. The molecular formula is C20H25N5O4S2. The van der Waals surface area contributed by atoms with Gasteiger partial charge in [-0.3, -0.25) is 9.79 Å². The Balaban J connectivity index is 2.01. The SMILES string of the molecule is CN(C)C(=O)c1cccc(NC2=NS(=O)(=O)NC2=NC(c2cccs2)C(C)(C)C)c1O. The fraction of sp³-hybridized carbons (Fsp3) is 0.350. The maximum Gasteiger partial charge on any atom is 0.345 e. The van der Waals surface area contributed by atoms with Gasteiger partial charge in [0.2, 0.25) is 0 Å². The highest BCUT2D eigenvalue weighted by Gasteiger charge is 2.33. The Kier molecular flexibility index (Phi) is 6.10. The molecule has 3 N–H and O–H groups in total. The first kappa shape index (κ1) is 22.8. The number of thiophene rings is 1. The van der Waals surface area contributed by atoms with E-state index >= 15 is 0 Å². The van der Waals surface area contributed by atoms with Crippen molar-refractivity contribution < 1.29 is 18.3 Å². The van der Waals surface area contributed by atoms with Gasteiger partial charge in [0.1, 0.15) is 0 Å². The summed E-state index contributed by atoms with van der Waals surface area (Å²) in [5.74, 6) is -0.717. The number of phenolic OH excluding ortho intramolecular Hbond substituents is 1. The molecule has 0 aliphatic carbocycles. The van der Waals surface area contributed by atoms with E-state index in [9.17, 15) is 18.3 Å². The number of nitrogens with zero attached hydrogens (tertiary/aromatic N) is 3. The first-order valence-electron chi connectivity index (χ1n) is 9.44. The molecule has 1 unspecified atom stereocenters. The third kappa shape index (κ3) is 5.05. The number of hydrogen-bond acceptors (Lipinski definition) is 7. The highest BCUT2D eigenvalue weighted by atomic mass is 32.2. The Labute approximate surface area is 185 Å². The minimum Gasteiger partial charge on any atom is -0.505 e. The van der Waals surface area contributed by atoms with Crippen molar-refractivity contribution >= 4 is 44.8 Å². The third-order valence-corrected chi connectivity index (χ3v) is 6.28. The van der Waals surface area contributed by atoms with Crippen molar-refractivity contribution in [3.63, 3.8) is 0 Å². The summed E-state index contributed by atoms with van der Waals surface area (Å²) >= 11 is 1.53. The van der Waals surface area contributed by atoms with Crippen molar-refractivity contribution in [2.75, 3.05) is 19.4 Å². The molecule has 1 atom stereocenters. The van der Waals surface area contributed by atoms with Crippen LogP contribution in [0.5, 0.6) is 5.75 Å². The van der Waals surface area contributed by atoms with Gasteiger partial charge in [-0.05, 0) is 29.0 Å². The van der Waals surface area contributed by atoms with Gasteiger partial charge in [0.25, 0.3) is 5.91 Å². The van der Waals surface area contributed by atoms with Crippen LogP contribution in [0.15, 0.2) is 45.1 Å². The molecule has 0 bridgehead atoms. The van der Waals surface area contributed by atoms with Gasteiger partial charge in [0.15, 0.2) is 17.4 Å². The standard InChI is InChI=1S/C20H25N5O4S2/c1-20(2,3)16(14-10-7-11-30-14)22-18-17(23-31(28,29)24-18)21-13-9-6-8-12(15(13)26)19(27)25(4)5/h6-11,16,26H,1-5H3,(H,21,23)(H,22,24). The van der Waals surface area contributed by atoms with Crippen molar-refractivity contribution in [1.29, 1.82) is 0 Å². The zero-order valence-corrected chi connectivity index (χ0v) is 19.5. The predicted molar refractivity (Wildman–Crippen MR) is 123 cm³/mol. The van der Waals surface area contributed by atoms with Crippen molar-refractivity contribution in [3.8, 4) is 5.75 Å². The summed E-state index contributed by atoms with van der Waals surface area (Å²) in [6.45, 7) is 6.03. The topological polar surface area (TPSA) is 123 Å². The quantitative estimate of drug-likeness (QED) is 0.602. The second kappa shape index (κ2) is 8.31. The largest absolute Gasteiger partial charge is 0.505 e. The first-order chi connectivity index (χ1) is 14.4. The minimum absolute atomic E-state index is 0.0389. The van der Waals surface area contributed by atoms with E-state index < -0.39 is 10.2 Å². The average Bonchev–Trinajstić information content (AvgIpc) is 3.27. The van der Waals surface area contributed by atoms with Crippen LogP contribution in [0.4, 0.5) is 5.69 Å². The van der Waals surface area contributed by atoms with E-state index in [0.29, 0.717) is 0 Å². The molecule has 0 saturated carbocycles. The van der Waals surface area contributed by atoms with Crippen LogP contribution >= 0.6 is 11.3 Å². The molecule has 0 fully saturated rings. The number of para-hydroxylation sites is 1. The Morgan fingerprint density at radius 1 is 1.26 bits per heavy atom. The maximum atomic E-state index is 12.3. The summed E-state index contributed by atoms with van der Waals surface area (Å²) in [6.07, 6.45) is 0. The van der Waals surface area contributed by atoms with E-state index in [-0.39, 0.29) is 46.0 Å². The number of hydrogen-bond donors (Lipinski definition) is 3. The van der Waals surface area contributed by atoms with E-state index in [1.165, 1.54) is 28.4 Å². The predicted octanol–water partition coefficient (Wildman–Crippen LogP) is 3.00. The number of amides is 1. The van der Waals surface area contributed by atoms with Gasteiger partial charge in [-0.25, -0.2) is 4.72 Å². The van der Waals surface area contributed by atoms with Gasteiger partial charge in [0.05, 0.1) is 17.3 Å².